The van der Waals surface area contributed by atoms with E-state index in [1.165, 1.54) is 30.4 Å². The number of ether oxygens (including phenoxy) is 2. The first-order valence-electron chi connectivity index (χ1n) is 6.45. The Labute approximate surface area is 102 Å². The topological polar surface area (TPSA) is 30.5 Å². The van der Waals surface area contributed by atoms with Gasteiger partial charge in [-0.2, -0.15) is 0 Å². The maximum atomic E-state index is 5.47. The lowest BCUT2D eigenvalue weighted by molar-refractivity contribution is 0.173. The van der Waals surface area contributed by atoms with Crippen molar-refractivity contribution in [3.8, 4) is 11.5 Å². The number of benzene rings is 1. The number of hydrogen-bond donors (Lipinski definition) is 1. The van der Waals surface area contributed by atoms with Crippen molar-refractivity contribution in [2.45, 2.75) is 38.6 Å². The summed E-state index contributed by atoms with van der Waals surface area (Å²) < 4.78 is 10.9. The molecule has 0 saturated carbocycles. The molecule has 0 amide bonds. The van der Waals surface area contributed by atoms with Gasteiger partial charge in [-0.25, -0.2) is 0 Å². The maximum absolute atomic E-state index is 5.47. The highest BCUT2D eigenvalue weighted by Crippen LogP contribution is 2.36. The Balaban J connectivity index is 1.76. The molecule has 0 bridgehead atoms. The lowest BCUT2D eigenvalue weighted by Crippen LogP contribution is -2.35. The summed E-state index contributed by atoms with van der Waals surface area (Å²) in [6, 6.07) is 4.98. The Morgan fingerprint density at radius 1 is 1.29 bits per heavy atom. The minimum absolute atomic E-state index is 0.362. The molecule has 3 rings (SSSR count). The Hall–Kier alpha value is -1.22. The normalized spacial score (nSPS) is 22.8. The van der Waals surface area contributed by atoms with Crippen molar-refractivity contribution in [1.29, 1.82) is 0 Å². The number of hydrogen-bond acceptors (Lipinski definition) is 3. The average molecular weight is 233 g/mol. The molecule has 2 aliphatic heterocycles. The first-order chi connectivity index (χ1) is 8.33. The number of aryl methyl sites for hydroxylation is 1. The third-order valence-corrected chi connectivity index (χ3v) is 3.61. The second-order valence-electron chi connectivity index (χ2n) is 5.00. The van der Waals surface area contributed by atoms with E-state index in [0.29, 0.717) is 12.8 Å². The molecule has 1 atom stereocenters. The smallest absolute Gasteiger partial charge is 0.231 e. The van der Waals surface area contributed by atoms with E-state index >= 15 is 0 Å². The van der Waals surface area contributed by atoms with E-state index in [1.54, 1.807) is 0 Å². The van der Waals surface area contributed by atoms with Crippen molar-refractivity contribution in [3.05, 3.63) is 23.3 Å². The monoisotopic (exact) mass is 233 g/mol. The largest absolute Gasteiger partial charge is 0.454 e. The molecule has 1 saturated heterocycles. The van der Waals surface area contributed by atoms with Gasteiger partial charge in [-0.05, 0) is 49.9 Å². The molecule has 0 aromatic heterocycles. The van der Waals surface area contributed by atoms with Crippen molar-refractivity contribution >= 4 is 0 Å². The third-order valence-electron chi connectivity index (χ3n) is 3.61. The molecular formula is C14H19NO2. The molecule has 92 valence electrons. The quantitative estimate of drug-likeness (QED) is 0.851. The van der Waals surface area contributed by atoms with Crippen LogP contribution in [-0.2, 0) is 6.42 Å². The zero-order valence-electron chi connectivity index (χ0n) is 10.3. The minimum Gasteiger partial charge on any atom is -0.454 e. The second kappa shape index (κ2) is 4.57. The van der Waals surface area contributed by atoms with Crippen molar-refractivity contribution in [3.63, 3.8) is 0 Å². The zero-order valence-corrected chi connectivity index (χ0v) is 10.3. The van der Waals surface area contributed by atoms with E-state index in [2.05, 4.69) is 24.4 Å². The highest BCUT2D eigenvalue weighted by atomic mass is 16.7. The summed E-state index contributed by atoms with van der Waals surface area (Å²) in [5.41, 5.74) is 2.54. The second-order valence-corrected chi connectivity index (χ2v) is 5.00. The van der Waals surface area contributed by atoms with E-state index in [-0.39, 0.29) is 0 Å². The van der Waals surface area contributed by atoms with Gasteiger partial charge in [0.1, 0.15) is 0 Å². The van der Waals surface area contributed by atoms with Gasteiger partial charge in [-0.1, -0.05) is 12.5 Å². The van der Waals surface area contributed by atoms with Gasteiger partial charge in [0.2, 0.25) is 6.79 Å². The molecule has 3 heteroatoms. The van der Waals surface area contributed by atoms with Gasteiger partial charge in [-0.3, -0.25) is 0 Å². The van der Waals surface area contributed by atoms with Gasteiger partial charge >= 0.3 is 0 Å². The molecule has 3 nitrogen and oxygen atoms in total. The first-order valence-corrected chi connectivity index (χ1v) is 6.45. The molecule has 2 aliphatic rings. The summed E-state index contributed by atoms with van der Waals surface area (Å²) in [5.74, 6) is 1.83. The molecule has 1 aromatic rings. The Bertz CT molecular complexity index is 411. The van der Waals surface area contributed by atoms with Gasteiger partial charge in [-0.15, -0.1) is 0 Å². The Morgan fingerprint density at radius 2 is 2.24 bits per heavy atom. The van der Waals surface area contributed by atoms with Crippen molar-refractivity contribution in [2.24, 2.45) is 0 Å². The number of nitrogens with one attached hydrogen (secondary N) is 1. The van der Waals surface area contributed by atoms with Crippen LogP contribution in [0.1, 0.15) is 30.4 Å². The summed E-state index contributed by atoms with van der Waals surface area (Å²) in [6.07, 6.45) is 5.04. The minimum atomic E-state index is 0.362. The maximum Gasteiger partial charge on any atom is 0.231 e. The van der Waals surface area contributed by atoms with Crippen LogP contribution in [0.15, 0.2) is 12.1 Å². The molecule has 1 aromatic carbocycles. The summed E-state index contributed by atoms with van der Waals surface area (Å²) in [4.78, 5) is 0. The first kappa shape index (κ1) is 10.9. The van der Waals surface area contributed by atoms with Crippen LogP contribution < -0.4 is 14.8 Å². The lowest BCUT2D eigenvalue weighted by atomic mass is 9.96. The van der Waals surface area contributed by atoms with E-state index < -0.39 is 0 Å². The number of rotatable bonds is 2. The predicted molar refractivity (Wildman–Crippen MR) is 66.6 cm³/mol. The third kappa shape index (κ3) is 2.25. The summed E-state index contributed by atoms with van der Waals surface area (Å²) in [7, 11) is 0. The van der Waals surface area contributed by atoms with Gasteiger partial charge < -0.3 is 14.8 Å². The Kier molecular flexibility index (Phi) is 2.93. The van der Waals surface area contributed by atoms with Crippen LogP contribution in [0.25, 0.3) is 0 Å². The molecule has 1 N–H and O–H groups in total. The van der Waals surface area contributed by atoms with Crippen LogP contribution in [0.3, 0.4) is 0 Å². The summed E-state index contributed by atoms with van der Waals surface area (Å²) >= 11 is 0. The summed E-state index contributed by atoms with van der Waals surface area (Å²) in [5, 5.41) is 3.58. The predicted octanol–water partition coefficient (Wildman–Crippen LogP) is 2.41. The molecule has 0 spiro atoms. The van der Waals surface area contributed by atoms with E-state index in [4.69, 9.17) is 9.47 Å². The molecule has 0 aliphatic carbocycles. The lowest BCUT2D eigenvalue weighted by Gasteiger charge is -2.23. The Morgan fingerprint density at radius 3 is 3.06 bits per heavy atom. The standard InChI is InChI=1S/C14H19NO2/c1-10-6-11(7-12-4-2-3-5-15-12)8-13-14(10)17-9-16-13/h6,8,12,15H,2-5,7,9H2,1H3. The fraction of sp³-hybridized carbons (Fsp3) is 0.571. The molecular weight excluding hydrogens is 214 g/mol. The molecule has 1 fully saturated rings. The van der Waals surface area contributed by atoms with Crippen LogP contribution in [0, 0.1) is 6.92 Å². The number of fused-ring (bicyclic) bond motifs is 1. The van der Waals surface area contributed by atoms with Crippen molar-refractivity contribution in [2.75, 3.05) is 13.3 Å². The van der Waals surface area contributed by atoms with Gasteiger partial charge in [0.05, 0.1) is 0 Å². The van der Waals surface area contributed by atoms with Crippen molar-refractivity contribution in [1.82, 2.24) is 5.32 Å². The van der Waals surface area contributed by atoms with Crippen LogP contribution in [0.4, 0.5) is 0 Å². The fourth-order valence-electron chi connectivity index (χ4n) is 2.76. The van der Waals surface area contributed by atoms with Crippen LogP contribution in [0.2, 0.25) is 0 Å². The number of piperidine rings is 1. The molecule has 0 radical (unpaired) electrons. The highest BCUT2D eigenvalue weighted by Gasteiger charge is 2.19. The zero-order chi connectivity index (χ0) is 11.7. The van der Waals surface area contributed by atoms with Gasteiger partial charge in [0.15, 0.2) is 11.5 Å². The van der Waals surface area contributed by atoms with Gasteiger partial charge in [0, 0.05) is 6.04 Å². The van der Waals surface area contributed by atoms with Crippen LogP contribution in [-0.4, -0.2) is 19.4 Å². The average Bonchev–Trinajstić information content (AvgIpc) is 2.79. The van der Waals surface area contributed by atoms with E-state index in [1.807, 2.05) is 0 Å². The van der Waals surface area contributed by atoms with E-state index in [0.717, 1.165) is 24.5 Å². The SMILES string of the molecule is Cc1cc(CC2CCCCN2)cc2c1OCO2. The molecule has 17 heavy (non-hydrogen) atoms. The fourth-order valence-corrected chi connectivity index (χ4v) is 2.76. The molecule has 2 heterocycles. The van der Waals surface area contributed by atoms with E-state index in [9.17, 15) is 0 Å². The van der Waals surface area contributed by atoms with Crippen LogP contribution in [0.5, 0.6) is 11.5 Å². The highest BCUT2D eigenvalue weighted by molar-refractivity contribution is 5.50. The van der Waals surface area contributed by atoms with Gasteiger partial charge in [0.25, 0.3) is 0 Å². The van der Waals surface area contributed by atoms with Crippen molar-refractivity contribution < 1.29 is 9.47 Å². The summed E-state index contributed by atoms with van der Waals surface area (Å²) in [6.45, 7) is 3.61. The molecule has 1 unspecified atom stereocenters. The van der Waals surface area contributed by atoms with Crippen LogP contribution >= 0.6 is 0 Å².